The first-order chi connectivity index (χ1) is 9.80. The van der Waals surface area contributed by atoms with Crippen LogP contribution in [0.2, 0.25) is 0 Å². The minimum absolute atomic E-state index is 0.201. The molecule has 20 heavy (non-hydrogen) atoms. The Kier molecular flexibility index (Phi) is 5.25. The molecule has 0 bridgehead atoms. The Balaban J connectivity index is 2.24. The minimum atomic E-state index is -0.201. The molecular weight excluding hydrogens is 252 g/mol. The quantitative estimate of drug-likeness (QED) is 0.846. The summed E-state index contributed by atoms with van der Waals surface area (Å²) >= 11 is 0. The van der Waals surface area contributed by atoms with Crippen molar-refractivity contribution in [2.24, 2.45) is 0 Å². The Morgan fingerprint density at radius 1 is 1.05 bits per heavy atom. The summed E-state index contributed by atoms with van der Waals surface area (Å²) < 4.78 is 10.6. The molecule has 4 heteroatoms. The summed E-state index contributed by atoms with van der Waals surface area (Å²) in [5.41, 5.74) is 0.979. The molecule has 0 aromatic heterocycles. The largest absolute Gasteiger partial charge is 0.493 e. The Hall–Kier alpha value is -1.73. The van der Waals surface area contributed by atoms with Crippen LogP contribution in [0.15, 0.2) is 18.2 Å². The third kappa shape index (κ3) is 3.23. The summed E-state index contributed by atoms with van der Waals surface area (Å²) in [6.45, 7) is 1.99. The van der Waals surface area contributed by atoms with Gasteiger partial charge in [-0.2, -0.15) is 5.26 Å². The van der Waals surface area contributed by atoms with Crippen LogP contribution in [-0.4, -0.2) is 32.2 Å². The van der Waals surface area contributed by atoms with E-state index in [-0.39, 0.29) is 6.04 Å². The summed E-state index contributed by atoms with van der Waals surface area (Å²) in [4.78, 5) is 2.27. The van der Waals surface area contributed by atoms with Crippen LogP contribution < -0.4 is 9.47 Å². The fourth-order valence-electron chi connectivity index (χ4n) is 2.74. The first-order valence-corrected chi connectivity index (χ1v) is 7.15. The first-order valence-electron chi connectivity index (χ1n) is 7.15. The number of likely N-dealkylation sites (tertiary alicyclic amines) is 1. The highest BCUT2D eigenvalue weighted by molar-refractivity contribution is 5.44. The van der Waals surface area contributed by atoms with Crippen molar-refractivity contribution in [1.29, 1.82) is 5.26 Å². The maximum atomic E-state index is 9.55. The van der Waals surface area contributed by atoms with Gasteiger partial charge in [-0.1, -0.05) is 18.9 Å². The van der Waals surface area contributed by atoms with Gasteiger partial charge in [-0.15, -0.1) is 0 Å². The van der Waals surface area contributed by atoms with Gasteiger partial charge in [0.15, 0.2) is 11.5 Å². The lowest BCUT2D eigenvalue weighted by Gasteiger charge is -2.26. The number of methoxy groups -OCH3 is 2. The van der Waals surface area contributed by atoms with E-state index < -0.39 is 0 Å². The van der Waals surface area contributed by atoms with Crippen LogP contribution in [0.4, 0.5) is 0 Å². The van der Waals surface area contributed by atoms with Crippen molar-refractivity contribution >= 4 is 0 Å². The van der Waals surface area contributed by atoms with Crippen LogP contribution in [-0.2, 0) is 0 Å². The first kappa shape index (κ1) is 14.7. The highest BCUT2D eigenvalue weighted by Crippen LogP contribution is 2.32. The van der Waals surface area contributed by atoms with Crippen molar-refractivity contribution in [3.8, 4) is 17.6 Å². The van der Waals surface area contributed by atoms with Gasteiger partial charge in [0.25, 0.3) is 0 Å². The Morgan fingerprint density at radius 3 is 2.25 bits per heavy atom. The molecule has 1 aromatic carbocycles. The van der Waals surface area contributed by atoms with Gasteiger partial charge in [0, 0.05) is 0 Å². The van der Waals surface area contributed by atoms with E-state index in [2.05, 4.69) is 11.0 Å². The molecule has 2 rings (SSSR count). The molecule has 0 spiro atoms. The molecule has 1 aliphatic heterocycles. The molecule has 108 valence electrons. The summed E-state index contributed by atoms with van der Waals surface area (Å²) in [6, 6.07) is 7.98. The van der Waals surface area contributed by atoms with E-state index in [4.69, 9.17) is 9.47 Å². The molecule has 1 fully saturated rings. The molecule has 1 atom stereocenters. The van der Waals surface area contributed by atoms with Crippen LogP contribution >= 0.6 is 0 Å². The number of nitriles is 1. The second-order valence-corrected chi connectivity index (χ2v) is 5.10. The van der Waals surface area contributed by atoms with E-state index in [9.17, 15) is 5.26 Å². The number of ether oxygens (including phenoxy) is 2. The van der Waals surface area contributed by atoms with Gasteiger partial charge < -0.3 is 9.47 Å². The predicted molar refractivity (Wildman–Crippen MR) is 77.9 cm³/mol. The second kappa shape index (κ2) is 7.16. The maximum absolute atomic E-state index is 9.55. The lowest BCUT2D eigenvalue weighted by Crippen LogP contribution is -2.28. The van der Waals surface area contributed by atoms with E-state index >= 15 is 0 Å². The second-order valence-electron chi connectivity index (χ2n) is 5.10. The molecule has 1 heterocycles. The molecule has 0 aliphatic carbocycles. The molecule has 4 nitrogen and oxygen atoms in total. The third-order valence-corrected chi connectivity index (χ3v) is 3.85. The standard InChI is InChI=1S/C16H22N2O2/c1-19-15-8-7-13(11-16(15)20-2)14(12-17)18-9-5-3-4-6-10-18/h7-8,11,14H,3-6,9-10H2,1-2H3/t14-/m0/s1. The van der Waals surface area contributed by atoms with Gasteiger partial charge in [0.05, 0.1) is 20.3 Å². The van der Waals surface area contributed by atoms with E-state index in [1.165, 1.54) is 25.7 Å². The average molecular weight is 274 g/mol. The van der Waals surface area contributed by atoms with Gasteiger partial charge in [0.2, 0.25) is 0 Å². The zero-order valence-corrected chi connectivity index (χ0v) is 12.3. The van der Waals surface area contributed by atoms with E-state index in [1.54, 1.807) is 14.2 Å². The van der Waals surface area contributed by atoms with Gasteiger partial charge in [0.1, 0.15) is 6.04 Å². The van der Waals surface area contributed by atoms with E-state index in [1.807, 2.05) is 18.2 Å². The van der Waals surface area contributed by atoms with Gasteiger partial charge in [-0.25, -0.2) is 0 Å². The van der Waals surface area contributed by atoms with Crippen molar-refractivity contribution < 1.29 is 9.47 Å². The van der Waals surface area contributed by atoms with Crippen molar-refractivity contribution in [3.63, 3.8) is 0 Å². The maximum Gasteiger partial charge on any atom is 0.161 e. The molecular formula is C16H22N2O2. The number of rotatable bonds is 4. The Bertz CT molecular complexity index is 474. The molecule has 1 saturated heterocycles. The summed E-state index contributed by atoms with van der Waals surface area (Å²) in [7, 11) is 3.24. The van der Waals surface area contributed by atoms with Gasteiger partial charge >= 0.3 is 0 Å². The third-order valence-electron chi connectivity index (χ3n) is 3.85. The molecule has 1 aromatic rings. The summed E-state index contributed by atoms with van der Waals surface area (Å²) in [5, 5.41) is 9.55. The Morgan fingerprint density at radius 2 is 1.70 bits per heavy atom. The number of hydrogen-bond acceptors (Lipinski definition) is 4. The zero-order valence-electron chi connectivity index (χ0n) is 12.3. The van der Waals surface area contributed by atoms with Crippen LogP contribution in [0.1, 0.15) is 37.3 Å². The molecule has 0 saturated carbocycles. The number of benzene rings is 1. The topological polar surface area (TPSA) is 45.5 Å². The van der Waals surface area contributed by atoms with E-state index in [0.717, 1.165) is 18.7 Å². The fourth-order valence-corrected chi connectivity index (χ4v) is 2.74. The summed E-state index contributed by atoms with van der Waals surface area (Å²) in [6.07, 6.45) is 4.87. The monoisotopic (exact) mass is 274 g/mol. The molecule has 0 radical (unpaired) electrons. The summed E-state index contributed by atoms with van der Waals surface area (Å²) in [5.74, 6) is 1.38. The number of nitrogens with zero attached hydrogens (tertiary/aromatic N) is 2. The van der Waals surface area contributed by atoms with Crippen molar-refractivity contribution in [2.45, 2.75) is 31.7 Å². The van der Waals surface area contributed by atoms with Crippen LogP contribution in [0.5, 0.6) is 11.5 Å². The van der Waals surface area contributed by atoms with Gasteiger partial charge in [-0.05, 0) is 43.6 Å². The predicted octanol–water partition coefficient (Wildman–Crippen LogP) is 3.14. The van der Waals surface area contributed by atoms with Crippen molar-refractivity contribution in [2.75, 3.05) is 27.3 Å². The molecule has 0 N–H and O–H groups in total. The van der Waals surface area contributed by atoms with Crippen LogP contribution in [0.25, 0.3) is 0 Å². The van der Waals surface area contributed by atoms with E-state index in [0.29, 0.717) is 11.5 Å². The molecule has 0 amide bonds. The highest BCUT2D eigenvalue weighted by atomic mass is 16.5. The van der Waals surface area contributed by atoms with Crippen molar-refractivity contribution in [3.05, 3.63) is 23.8 Å². The smallest absolute Gasteiger partial charge is 0.161 e. The van der Waals surface area contributed by atoms with Crippen molar-refractivity contribution in [1.82, 2.24) is 4.90 Å². The molecule has 0 unspecified atom stereocenters. The average Bonchev–Trinajstić information content (AvgIpc) is 2.77. The van der Waals surface area contributed by atoms with Crippen LogP contribution in [0, 0.1) is 11.3 Å². The molecule has 1 aliphatic rings. The fraction of sp³-hybridized carbons (Fsp3) is 0.562. The normalized spacial score (nSPS) is 17.9. The Labute approximate surface area is 120 Å². The lowest BCUT2D eigenvalue weighted by molar-refractivity contribution is 0.245. The van der Waals surface area contributed by atoms with Gasteiger partial charge in [-0.3, -0.25) is 4.90 Å². The SMILES string of the molecule is COc1ccc([C@H](C#N)N2CCCCCC2)cc1OC. The zero-order chi connectivity index (χ0) is 14.4. The number of hydrogen-bond donors (Lipinski definition) is 0. The van der Waals surface area contributed by atoms with Crippen LogP contribution in [0.3, 0.4) is 0 Å². The highest BCUT2D eigenvalue weighted by Gasteiger charge is 2.22. The minimum Gasteiger partial charge on any atom is -0.493 e. The lowest BCUT2D eigenvalue weighted by atomic mass is 10.1.